The Hall–Kier alpha value is -2.82. The van der Waals surface area contributed by atoms with E-state index in [9.17, 15) is 9.59 Å². The third-order valence-electron chi connectivity index (χ3n) is 4.32. The van der Waals surface area contributed by atoms with E-state index in [2.05, 4.69) is 5.32 Å². The normalized spacial score (nSPS) is 12.7. The minimum Gasteiger partial charge on any atom is -0.484 e. The predicted molar refractivity (Wildman–Crippen MR) is 101 cm³/mol. The maximum atomic E-state index is 12.1. The smallest absolute Gasteiger partial charge is 0.328 e. The van der Waals surface area contributed by atoms with Gasteiger partial charge in [0.05, 0.1) is 7.11 Å². The largest absolute Gasteiger partial charge is 0.484 e. The zero-order valence-corrected chi connectivity index (χ0v) is 15.4. The number of benzene rings is 2. The molecule has 2 rings (SSSR count). The standard InChI is InChI=1S/C21H25NO4/c1-4-15(2)20(21(24)25-3)22-19(23)14-26-18-12-10-17(11-13-18)16-8-6-5-7-9-16/h5-13,15,20H,4,14H2,1-3H3,(H,22,23)/t15-,20+/m1/s1. The quantitative estimate of drug-likeness (QED) is 0.737. The molecule has 5 heteroatoms. The second-order valence-corrected chi connectivity index (χ2v) is 6.13. The van der Waals surface area contributed by atoms with Crippen LogP contribution in [0.5, 0.6) is 5.75 Å². The van der Waals surface area contributed by atoms with Crippen LogP contribution in [-0.4, -0.2) is 31.6 Å². The molecule has 0 spiro atoms. The molecule has 0 aliphatic rings. The number of carbonyl (C=O) groups is 2. The van der Waals surface area contributed by atoms with Crippen LogP contribution in [0.25, 0.3) is 11.1 Å². The number of nitrogens with one attached hydrogen (secondary N) is 1. The maximum absolute atomic E-state index is 12.1. The number of rotatable bonds is 8. The van der Waals surface area contributed by atoms with Crippen LogP contribution in [0.15, 0.2) is 54.6 Å². The predicted octanol–water partition coefficient (Wildman–Crippen LogP) is 3.44. The molecule has 0 fully saturated rings. The fourth-order valence-corrected chi connectivity index (χ4v) is 2.53. The Labute approximate surface area is 154 Å². The molecule has 0 bridgehead atoms. The van der Waals surface area contributed by atoms with E-state index >= 15 is 0 Å². The van der Waals surface area contributed by atoms with Gasteiger partial charge in [-0.3, -0.25) is 4.79 Å². The molecule has 1 amide bonds. The van der Waals surface area contributed by atoms with Crippen molar-refractivity contribution in [3.8, 4) is 16.9 Å². The summed E-state index contributed by atoms with van der Waals surface area (Å²) in [5.74, 6) is -0.220. The molecule has 0 aromatic heterocycles. The van der Waals surface area contributed by atoms with Crippen LogP contribution >= 0.6 is 0 Å². The van der Waals surface area contributed by atoms with Crippen LogP contribution in [0.1, 0.15) is 20.3 Å². The first-order valence-electron chi connectivity index (χ1n) is 8.70. The summed E-state index contributed by atoms with van der Waals surface area (Å²) in [7, 11) is 1.31. The van der Waals surface area contributed by atoms with Crippen LogP contribution in [-0.2, 0) is 14.3 Å². The highest BCUT2D eigenvalue weighted by atomic mass is 16.5. The molecule has 5 nitrogen and oxygen atoms in total. The van der Waals surface area contributed by atoms with Crippen molar-refractivity contribution in [3.05, 3.63) is 54.6 Å². The Morgan fingerprint density at radius 2 is 1.62 bits per heavy atom. The van der Waals surface area contributed by atoms with Crippen LogP contribution in [0.4, 0.5) is 0 Å². The molecule has 0 radical (unpaired) electrons. The van der Waals surface area contributed by atoms with Crippen molar-refractivity contribution in [2.75, 3.05) is 13.7 Å². The van der Waals surface area contributed by atoms with E-state index in [-0.39, 0.29) is 18.4 Å². The van der Waals surface area contributed by atoms with Crippen LogP contribution in [0, 0.1) is 5.92 Å². The van der Waals surface area contributed by atoms with E-state index in [1.54, 1.807) is 0 Å². The molecule has 0 aliphatic carbocycles. The molecule has 1 N–H and O–H groups in total. The van der Waals surface area contributed by atoms with Crippen molar-refractivity contribution in [3.63, 3.8) is 0 Å². The molecular formula is C21H25NO4. The van der Waals surface area contributed by atoms with Gasteiger partial charge in [-0.15, -0.1) is 0 Å². The number of ether oxygens (including phenoxy) is 2. The topological polar surface area (TPSA) is 64.6 Å². The SMILES string of the molecule is CC[C@@H](C)[C@H](NC(=O)COc1ccc(-c2ccccc2)cc1)C(=O)OC. The first-order valence-corrected chi connectivity index (χ1v) is 8.70. The lowest BCUT2D eigenvalue weighted by molar-refractivity contribution is -0.146. The summed E-state index contributed by atoms with van der Waals surface area (Å²) in [6, 6.07) is 16.9. The number of hydrogen-bond acceptors (Lipinski definition) is 4. The molecule has 26 heavy (non-hydrogen) atoms. The highest BCUT2D eigenvalue weighted by Gasteiger charge is 2.26. The molecule has 0 unspecified atom stereocenters. The van der Waals surface area contributed by atoms with Crippen molar-refractivity contribution in [2.24, 2.45) is 5.92 Å². The minimum atomic E-state index is -0.665. The van der Waals surface area contributed by atoms with E-state index in [1.807, 2.05) is 68.4 Å². The average Bonchev–Trinajstić information content (AvgIpc) is 2.70. The van der Waals surface area contributed by atoms with Crippen molar-refractivity contribution in [1.82, 2.24) is 5.32 Å². The Kier molecular flexibility index (Phi) is 7.21. The van der Waals surface area contributed by atoms with E-state index in [0.29, 0.717) is 5.75 Å². The number of methoxy groups -OCH3 is 1. The molecule has 2 aromatic carbocycles. The zero-order chi connectivity index (χ0) is 18.9. The highest BCUT2D eigenvalue weighted by Crippen LogP contribution is 2.22. The van der Waals surface area contributed by atoms with Crippen molar-refractivity contribution in [1.29, 1.82) is 0 Å². The monoisotopic (exact) mass is 355 g/mol. The van der Waals surface area contributed by atoms with Gasteiger partial charge in [0.25, 0.3) is 5.91 Å². The van der Waals surface area contributed by atoms with E-state index in [0.717, 1.165) is 17.5 Å². The molecule has 0 aliphatic heterocycles. The Morgan fingerprint density at radius 3 is 2.19 bits per heavy atom. The van der Waals surface area contributed by atoms with Gasteiger partial charge in [-0.1, -0.05) is 62.7 Å². The molecule has 0 saturated carbocycles. The van der Waals surface area contributed by atoms with Crippen LogP contribution < -0.4 is 10.1 Å². The lowest BCUT2D eigenvalue weighted by Gasteiger charge is -2.21. The fourth-order valence-electron chi connectivity index (χ4n) is 2.53. The van der Waals surface area contributed by atoms with Gasteiger partial charge in [0.1, 0.15) is 11.8 Å². The Balaban J connectivity index is 1.91. The van der Waals surface area contributed by atoms with Crippen LogP contribution in [0.3, 0.4) is 0 Å². The summed E-state index contributed by atoms with van der Waals surface area (Å²) >= 11 is 0. The number of esters is 1. The summed E-state index contributed by atoms with van der Waals surface area (Å²) in [5.41, 5.74) is 2.19. The van der Waals surface area contributed by atoms with Gasteiger partial charge < -0.3 is 14.8 Å². The zero-order valence-electron chi connectivity index (χ0n) is 15.4. The summed E-state index contributed by atoms with van der Waals surface area (Å²) in [4.78, 5) is 23.9. The second kappa shape index (κ2) is 9.61. The van der Waals surface area contributed by atoms with Crippen LogP contribution in [0.2, 0.25) is 0 Å². The van der Waals surface area contributed by atoms with E-state index in [4.69, 9.17) is 9.47 Å². The minimum absolute atomic E-state index is 0.0171. The maximum Gasteiger partial charge on any atom is 0.328 e. The Bertz CT molecular complexity index is 713. The molecule has 138 valence electrons. The number of amides is 1. The summed E-state index contributed by atoms with van der Waals surface area (Å²) in [6.45, 7) is 3.69. The van der Waals surface area contributed by atoms with Gasteiger partial charge in [0, 0.05) is 0 Å². The summed E-state index contributed by atoms with van der Waals surface area (Å²) in [5, 5.41) is 2.69. The summed E-state index contributed by atoms with van der Waals surface area (Å²) < 4.78 is 10.3. The third kappa shape index (κ3) is 5.34. The Morgan fingerprint density at radius 1 is 1.00 bits per heavy atom. The first-order chi connectivity index (χ1) is 12.5. The lowest BCUT2D eigenvalue weighted by atomic mass is 9.99. The van der Waals surface area contributed by atoms with E-state index in [1.165, 1.54) is 7.11 Å². The molecule has 2 atom stereocenters. The van der Waals surface area contributed by atoms with Crippen molar-refractivity contribution in [2.45, 2.75) is 26.3 Å². The van der Waals surface area contributed by atoms with E-state index < -0.39 is 12.0 Å². The lowest BCUT2D eigenvalue weighted by Crippen LogP contribution is -2.47. The second-order valence-electron chi connectivity index (χ2n) is 6.13. The molecular weight excluding hydrogens is 330 g/mol. The molecule has 0 saturated heterocycles. The fraction of sp³-hybridized carbons (Fsp3) is 0.333. The first kappa shape index (κ1) is 19.5. The molecule has 0 heterocycles. The highest BCUT2D eigenvalue weighted by molar-refractivity contribution is 5.85. The molecule has 2 aromatic rings. The van der Waals surface area contributed by atoms with Gasteiger partial charge in [0.15, 0.2) is 6.61 Å². The van der Waals surface area contributed by atoms with Gasteiger partial charge in [-0.2, -0.15) is 0 Å². The van der Waals surface area contributed by atoms with Gasteiger partial charge in [0.2, 0.25) is 0 Å². The summed E-state index contributed by atoms with van der Waals surface area (Å²) in [6.07, 6.45) is 0.752. The number of hydrogen-bond donors (Lipinski definition) is 1. The van der Waals surface area contributed by atoms with Gasteiger partial charge in [-0.25, -0.2) is 4.79 Å². The van der Waals surface area contributed by atoms with Crippen molar-refractivity contribution < 1.29 is 19.1 Å². The average molecular weight is 355 g/mol. The van der Waals surface area contributed by atoms with Crippen molar-refractivity contribution >= 4 is 11.9 Å². The third-order valence-corrected chi connectivity index (χ3v) is 4.32. The van der Waals surface area contributed by atoms with Gasteiger partial charge >= 0.3 is 5.97 Å². The number of carbonyl (C=O) groups excluding carboxylic acids is 2. The van der Waals surface area contributed by atoms with Gasteiger partial charge in [-0.05, 0) is 29.2 Å².